The molecule has 0 saturated carbocycles. The van der Waals surface area contributed by atoms with Crippen LogP contribution in [0.3, 0.4) is 0 Å². The van der Waals surface area contributed by atoms with E-state index in [9.17, 15) is 10.1 Å². The molecule has 98 valence electrons. The van der Waals surface area contributed by atoms with Crippen molar-refractivity contribution in [2.45, 2.75) is 13.3 Å². The van der Waals surface area contributed by atoms with Gasteiger partial charge in [0.05, 0.1) is 6.54 Å². The van der Waals surface area contributed by atoms with Crippen molar-refractivity contribution < 1.29 is 5.03 Å². The van der Waals surface area contributed by atoms with Crippen LogP contribution >= 0.6 is 12.2 Å². The standard InChI is InChI=1S/C11H16N4O2S/c1-2-8-14(15(16)17)9-12-11(18)13-10-6-4-3-5-7-10/h3-7H,2,8-9H2,1H3,(H2,12,13,18). The highest BCUT2D eigenvalue weighted by Crippen LogP contribution is 2.04. The molecule has 0 aliphatic heterocycles. The van der Waals surface area contributed by atoms with E-state index in [1.54, 1.807) is 0 Å². The van der Waals surface area contributed by atoms with E-state index in [0.717, 1.165) is 10.7 Å². The highest BCUT2D eigenvalue weighted by Gasteiger charge is 2.12. The minimum absolute atomic E-state index is 0.0828. The molecule has 0 aliphatic carbocycles. The molecule has 0 saturated heterocycles. The SMILES string of the molecule is CCCN(CNC(=S)Nc1ccccc1)[N+](=O)[O-]. The molecule has 0 spiro atoms. The van der Waals surface area contributed by atoms with Gasteiger partial charge in [0.15, 0.2) is 10.1 Å². The second kappa shape index (κ2) is 7.44. The van der Waals surface area contributed by atoms with E-state index in [4.69, 9.17) is 12.2 Å². The summed E-state index contributed by atoms with van der Waals surface area (Å²) in [7, 11) is 0. The Bertz CT molecular complexity index is 399. The highest BCUT2D eigenvalue weighted by molar-refractivity contribution is 7.80. The highest BCUT2D eigenvalue weighted by atomic mass is 32.1. The van der Waals surface area contributed by atoms with Crippen LogP contribution in [0.25, 0.3) is 0 Å². The molecule has 0 fully saturated rings. The number of nitrogens with one attached hydrogen (secondary N) is 2. The number of anilines is 1. The smallest absolute Gasteiger partial charge is 0.172 e. The first-order valence-corrected chi connectivity index (χ1v) is 6.03. The first-order chi connectivity index (χ1) is 8.63. The molecule has 0 amide bonds. The normalized spacial score (nSPS) is 9.61. The average Bonchev–Trinajstić information content (AvgIpc) is 2.35. The lowest BCUT2D eigenvalue weighted by molar-refractivity contribution is -0.656. The summed E-state index contributed by atoms with van der Waals surface area (Å²) in [5, 5.41) is 17.5. The maximum absolute atomic E-state index is 10.7. The monoisotopic (exact) mass is 268 g/mol. The summed E-state index contributed by atoms with van der Waals surface area (Å²) in [6.07, 6.45) is 0.710. The number of nitrogens with zero attached hydrogens (tertiary/aromatic N) is 2. The Balaban J connectivity index is 2.38. The van der Waals surface area contributed by atoms with Crippen molar-refractivity contribution in [3.63, 3.8) is 0 Å². The first-order valence-electron chi connectivity index (χ1n) is 5.62. The molecule has 18 heavy (non-hydrogen) atoms. The molecule has 0 atom stereocenters. The molecule has 1 aromatic rings. The van der Waals surface area contributed by atoms with Crippen molar-refractivity contribution in [3.05, 3.63) is 40.4 Å². The molecular formula is C11H16N4O2S. The minimum Gasteiger partial charge on any atom is -0.340 e. The Morgan fingerprint density at radius 3 is 2.67 bits per heavy atom. The van der Waals surface area contributed by atoms with Crippen molar-refractivity contribution >= 4 is 23.0 Å². The zero-order valence-electron chi connectivity index (χ0n) is 10.1. The zero-order chi connectivity index (χ0) is 13.4. The van der Waals surface area contributed by atoms with E-state index >= 15 is 0 Å². The Kier molecular flexibility index (Phi) is 5.86. The van der Waals surface area contributed by atoms with Gasteiger partial charge in [-0.1, -0.05) is 25.1 Å². The fourth-order valence-corrected chi connectivity index (χ4v) is 1.52. The second-order valence-corrected chi connectivity index (χ2v) is 4.03. The van der Waals surface area contributed by atoms with Gasteiger partial charge in [0.2, 0.25) is 0 Å². The molecule has 0 radical (unpaired) electrons. The van der Waals surface area contributed by atoms with Gasteiger partial charge in [0, 0.05) is 5.69 Å². The summed E-state index contributed by atoms with van der Waals surface area (Å²) in [6, 6.07) is 9.39. The van der Waals surface area contributed by atoms with Crippen LogP contribution in [-0.2, 0) is 0 Å². The van der Waals surface area contributed by atoms with Crippen LogP contribution in [0, 0.1) is 10.1 Å². The molecule has 0 bridgehead atoms. The van der Waals surface area contributed by atoms with Gasteiger partial charge in [0.25, 0.3) is 0 Å². The molecule has 7 heteroatoms. The van der Waals surface area contributed by atoms with Gasteiger partial charge < -0.3 is 10.6 Å². The largest absolute Gasteiger partial charge is 0.340 e. The lowest BCUT2D eigenvalue weighted by Crippen LogP contribution is -2.42. The number of hydrazine groups is 1. The van der Waals surface area contributed by atoms with Crippen molar-refractivity contribution in [2.75, 3.05) is 18.5 Å². The Hall–Kier alpha value is -1.89. The van der Waals surface area contributed by atoms with E-state index < -0.39 is 5.03 Å². The molecule has 0 heterocycles. The number of benzene rings is 1. The van der Waals surface area contributed by atoms with E-state index in [1.807, 2.05) is 37.3 Å². The molecule has 1 rings (SSSR count). The summed E-state index contributed by atoms with van der Waals surface area (Å²) >= 11 is 5.05. The van der Waals surface area contributed by atoms with Crippen LogP contribution in [0.1, 0.15) is 13.3 Å². The number of rotatable bonds is 6. The van der Waals surface area contributed by atoms with Gasteiger partial charge in [0.1, 0.15) is 6.67 Å². The van der Waals surface area contributed by atoms with E-state index in [-0.39, 0.29) is 6.67 Å². The number of nitro groups is 1. The molecule has 0 aromatic heterocycles. The quantitative estimate of drug-likeness (QED) is 0.355. The van der Waals surface area contributed by atoms with Crippen molar-refractivity contribution in [2.24, 2.45) is 0 Å². The Labute approximate surface area is 111 Å². The summed E-state index contributed by atoms with van der Waals surface area (Å²) in [4.78, 5) is 10.7. The van der Waals surface area contributed by atoms with Crippen LogP contribution < -0.4 is 10.6 Å². The van der Waals surface area contributed by atoms with Gasteiger partial charge in [-0.2, -0.15) is 0 Å². The van der Waals surface area contributed by atoms with Gasteiger partial charge in [-0.05, 0) is 30.8 Å². The maximum Gasteiger partial charge on any atom is 0.172 e. The topological polar surface area (TPSA) is 70.4 Å². The maximum atomic E-state index is 10.7. The predicted molar refractivity (Wildman–Crippen MR) is 74.7 cm³/mol. The number of para-hydroxylation sites is 1. The van der Waals surface area contributed by atoms with E-state index in [2.05, 4.69) is 10.6 Å². The summed E-state index contributed by atoms with van der Waals surface area (Å²) in [5.41, 5.74) is 0.846. The Morgan fingerprint density at radius 2 is 2.11 bits per heavy atom. The van der Waals surface area contributed by atoms with E-state index in [0.29, 0.717) is 18.1 Å². The number of hydrogen-bond acceptors (Lipinski definition) is 3. The third-order valence-corrected chi connectivity index (χ3v) is 2.41. The third-order valence-electron chi connectivity index (χ3n) is 2.17. The van der Waals surface area contributed by atoms with Crippen LogP contribution in [0.2, 0.25) is 0 Å². The van der Waals surface area contributed by atoms with E-state index in [1.165, 1.54) is 0 Å². The second-order valence-electron chi connectivity index (χ2n) is 3.62. The van der Waals surface area contributed by atoms with Crippen LogP contribution in [-0.4, -0.2) is 28.4 Å². The van der Waals surface area contributed by atoms with Crippen molar-refractivity contribution in [1.29, 1.82) is 0 Å². The zero-order valence-corrected chi connectivity index (χ0v) is 10.9. The molecular weight excluding hydrogens is 252 g/mol. The third kappa shape index (κ3) is 4.96. The average molecular weight is 268 g/mol. The van der Waals surface area contributed by atoms with Crippen molar-refractivity contribution in [3.8, 4) is 0 Å². The summed E-state index contributed by atoms with van der Waals surface area (Å²) in [6.45, 7) is 2.35. The van der Waals surface area contributed by atoms with Gasteiger partial charge in [-0.15, -0.1) is 5.01 Å². The molecule has 6 nitrogen and oxygen atoms in total. The Morgan fingerprint density at radius 1 is 1.44 bits per heavy atom. The molecule has 2 N–H and O–H groups in total. The van der Waals surface area contributed by atoms with Gasteiger partial charge in [-0.25, -0.2) is 10.1 Å². The van der Waals surface area contributed by atoms with Gasteiger partial charge >= 0.3 is 0 Å². The number of thiocarbonyl (C=S) groups is 1. The van der Waals surface area contributed by atoms with Crippen molar-refractivity contribution in [1.82, 2.24) is 10.3 Å². The fraction of sp³-hybridized carbons (Fsp3) is 0.364. The minimum atomic E-state index is -0.429. The fourth-order valence-electron chi connectivity index (χ4n) is 1.34. The summed E-state index contributed by atoms with van der Waals surface area (Å²) in [5.74, 6) is 0. The molecule has 1 aromatic carbocycles. The van der Waals surface area contributed by atoms with Gasteiger partial charge in [-0.3, -0.25) is 0 Å². The summed E-state index contributed by atoms with van der Waals surface area (Å²) < 4.78 is 0. The van der Waals surface area contributed by atoms with Crippen LogP contribution in [0.5, 0.6) is 0 Å². The molecule has 0 aliphatic rings. The molecule has 0 unspecified atom stereocenters. The predicted octanol–water partition coefficient (Wildman–Crippen LogP) is 1.83. The van der Waals surface area contributed by atoms with Crippen LogP contribution in [0.4, 0.5) is 5.69 Å². The lowest BCUT2D eigenvalue weighted by atomic mass is 10.3. The lowest BCUT2D eigenvalue weighted by Gasteiger charge is -2.15. The number of hydrogen-bond donors (Lipinski definition) is 2. The van der Waals surface area contributed by atoms with Crippen LogP contribution in [0.15, 0.2) is 30.3 Å². The first kappa shape index (κ1) is 14.2.